The fourth-order valence-electron chi connectivity index (χ4n) is 1.86. The van der Waals surface area contributed by atoms with Crippen LogP contribution in [0, 0.1) is 0 Å². The normalized spacial score (nSPS) is 12.6. The minimum Gasteiger partial charge on any atom is -0.448 e. The molecule has 0 saturated heterocycles. The Morgan fingerprint density at radius 3 is 2.39 bits per heavy atom. The molecule has 0 spiro atoms. The molecule has 0 amide bonds. The van der Waals surface area contributed by atoms with Crippen molar-refractivity contribution in [2.45, 2.75) is 31.6 Å². The zero-order valence-corrected chi connectivity index (χ0v) is 11.8. The number of halogens is 2. The standard InChI is InChI=1S/C15H16Cl2O/c1-2-3-4-11-5-7-12(8-6-11)15(17)13-9-10-14(16)18-13/h5-10,15H,2-4H2,1H3. The van der Waals surface area contributed by atoms with Crippen LogP contribution >= 0.6 is 23.2 Å². The lowest BCUT2D eigenvalue weighted by Gasteiger charge is -2.08. The van der Waals surface area contributed by atoms with Crippen molar-refractivity contribution < 1.29 is 4.42 Å². The lowest BCUT2D eigenvalue weighted by atomic mass is 10.0. The average molecular weight is 283 g/mol. The van der Waals surface area contributed by atoms with Crippen molar-refractivity contribution in [3.05, 3.63) is 58.5 Å². The predicted octanol–water partition coefficient (Wildman–Crippen LogP) is 5.60. The van der Waals surface area contributed by atoms with Crippen LogP contribution in [0.1, 0.15) is 42.0 Å². The highest BCUT2D eigenvalue weighted by Crippen LogP contribution is 2.31. The van der Waals surface area contributed by atoms with Crippen LogP contribution in [0.15, 0.2) is 40.8 Å². The van der Waals surface area contributed by atoms with Crippen LogP contribution in [0.25, 0.3) is 0 Å². The van der Waals surface area contributed by atoms with Gasteiger partial charge in [-0.05, 0) is 47.7 Å². The van der Waals surface area contributed by atoms with Crippen LogP contribution in [0.2, 0.25) is 5.22 Å². The molecular formula is C15H16Cl2O. The maximum absolute atomic E-state index is 6.35. The first-order valence-corrected chi connectivity index (χ1v) is 7.00. The van der Waals surface area contributed by atoms with E-state index in [-0.39, 0.29) is 5.38 Å². The van der Waals surface area contributed by atoms with Gasteiger partial charge in [0.1, 0.15) is 11.1 Å². The summed E-state index contributed by atoms with van der Waals surface area (Å²) in [6.45, 7) is 2.20. The maximum Gasteiger partial charge on any atom is 0.193 e. The highest BCUT2D eigenvalue weighted by molar-refractivity contribution is 6.29. The monoisotopic (exact) mass is 282 g/mol. The molecule has 0 aliphatic carbocycles. The van der Waals surface area contributed by atoms with Crippen LogP contribution in [-0.4, -0.2) is 0 Å². The molecule has 1 nitrogen and oxygen atoms in total. The third-order valence-corrected chi connectivity index (χ3v) is 3.61. The van der Waals surface area contributed by atoms with Crippen molar-refractivity contribution in [2.75, 3.05) is 0 Å². The molecule has 1 heterocycles. The van der Waals surface area contributed by atoms with Gasteiger partial charge in [-0.1, -0.05) is 37.6 Å². The number of benzene rings is 1. The third kappa shape index (κ3) is 3.30. The van der Waals surface area contributed by atoms with Gasteiger partial charge in [-0.3, -0.25) is 0 Å². The van der Waals surface area contributed by atoms with E-state index in [2.05, 4.69) is 31.2 Å². The van der Waals surface area contributed by atoms with E-state index in [0.29, 0.717) is 11.0 Å². The molecule has 1 unspecified atom stereocenters. The Hall–Kier alpha value is -0.920. The molecule has 0 aliphatic rings. The SMILES string of the molecule is CCCCc1ccc(C(Cl)c2ccc(Cl)o2)cc1. The zero-order chi connectivity index (χ0) is 13.0. The quantitative estimate of drug-likeness (QED) is 0.650. The predicted molar refractivity (Wildman–Crippen MR) is 76.5 cm³/mol. The van der Waals surface area contributed by atoms with Crippen molar-refractivity contribution in [2.24, 2.45) is 0 Å². The molecule has 0 N–H and O–H groups in total. The number of aryl methyl sites for hydroxylation is 1. The smallest absolute Gasteiger partial charge is 0.193 e. The second-order valence-electron chi connectivity index (χ2n) is 4.35. The lowest BCUT2D eigenvalue weighted by Crippen LogP contribution is -1.92. The molecule has 18 heavy (non-hydrogen) atoms. The van der Waals surface area contributed by atoms with Crippen LogP contribution in [-0.2, 0) is 6.42 Å². The Kier molecular flexibility index (Phi) is 4.73. The number of furan rings is 1. The topological polar surface area (TPSA) is 13.1 Å². The van der Waals surface area contributed by atoms with Crippen molar-refractivity contribution in [3.8, 4) is 0 Å². The molecule has 3 heteroatoms. The van der Waals surface area contributed by atoms with E-state index >= 15 is 0 Å². The van der Waals surface area contributed by atoms with Gasteiger partial charge < -0.3 is 4.42 Å². The number of rotatable bonds is 5. The van der Waals surface area contributed by atoms with Gasteiger partial charge in [0.25, 0.3) is 0 Å². The van der Waals surface area contributed by atoms with Gasteiger partial charge in [0.05, 0.1) is 0 Å². The fraction of sp³-hybridized carbons (Fsp3) is 0.333. The second-order valence-corrected chi connectivity index (χ2v) is 5.16. The van der Waals surface area contributed by atoms with E-state index in [4.69, 9.17) is 27.6 Å². The van der Waals surface area contributed by atoms with Crippen molar-refractivity contribution >= 4 is 23.2 Å². The highest BCUT2D eigenvalue weighted by atomic mass is 35.5. The highest BCUT2D eigenvalue weighted by Gasteiger charge is 2.14. The number of hydrogen-bond donors (Lipinski definition) is 0. The molecule has 0 fully saturated rings. The summed E-state index contributed by atoms with van der Waals surface area (Å²) in [5.41, 5.74) is 2.38. The van der Waals surface area contributed by atoms with Crippen molar-refractivity contribution in [1.29, 1.82) is 0 Å². The molecule has 0 aliphatic heterocycles. The van der Waals surface area contributed by atoms with Crippen LogP contribution in [0.4, 0.5) is 0 Å². The Labute approximate surface area is 118 Å². The molecule has 1 aromatic heterocycles. The third-order valence-electron chi connectivity index (χ3n) is 2.94. The number of unbranched alkanes of at least 4 members (excludes halogenated alkanes) is 1. The van der Waals surface area contributed by atoms with E-state index in [1.165, 1.54) is 18.4 Å². The maximum atomic E-state index is 6.35. The molecule has 0 bridgehead atoms. The molecule has 0 saturated carbocycles. The fourth-order valence-corrected chi connectivity index (χ4v) is 2.28. The first kappa shape index (κ1) is 13.5. The summed E-state index contributed by atoms with van der Waals surface area (Å²) in [7, 11) is 0. The van der Waals surface area contributed by atoms with E-state index in [0.717, 1.165) is 12.0 Å². The van der Waals surface area contributed by atoms with E-state index in [1.807, 2.05) is 6.07 Å². The van der Waals surface area contributed by atoms with E-state index in [9.17, 15) is 0 Å². The van der Waals surface area contributed by atoms with Crippen molar-refractivity contribution in [1.82, 2.24) is 0 Å². The summed E-state index contributed by atoms with van der Waals surface area (Å²) < 4.78 is 5.33. The first-order chi connectivity index (χ1) is 8.70. The number of alkyl halides is 1. The van der Waals surface area contributed by atoms with Crippen LogP contribution in [0.3, 0.4) is 0 Å². The largest absolute Gasteiger partial charge is 0.448 e. The summed E-state index contributed by atoms with van der Waals surface area (Å²) in [6, 6.07) is 11.9. The molecule has 2 aromatic rings. The van der Waals surface area contributed by atoms with Crippen LogP contribution < -0.4 is 0 Å². The van der Waals surface area contributed by atoms with Gasteiger partial charge in [0, 0.05) is 0 Å². The van der Waals surface area contributed by atoms with E-state index < -0.39 is 0 Å². The minimum atomic E-state index is -0.280. The molecule has 0 radical (unpaired) electrons. The summed E-state index contributed by atoms with van der Waals surface area (Å²) in [5.74, 6) is 0.683. The minimum absolute atomic E-state index is 0.280. The Balaban J connectivity index is 2.09. The van der Waals surface area contributed by atoms with Gasteiger partial charge in [-0.15, -0.1) is 11.6 Å². The van der Waals surface area contributed by atoms with Gasteiger partial charge in [0.15, 0.2) is 5.22 Å². The molecule has 96 valence electrons. The first-order valence-electron chi connectivity index (χ1n) is 6.19. The Morgan fingerprint density at radius 1 is 1.11 bits per heavy atom. The van der Waals surface area contributed by atoms with Gasteiger partial charge in [-0.2, -0.15) is 0 Å². The second kappa shape index (κ2) is 6.31. The lowest BCUT2D eigenvalue weighted by molar-refractivity contribution is 0.518. The molecule has 1 atom stereocenters. The Bertz CT molecular complexity index is 487. The van der Waals surface area contributed by atoms with Gasteiger partial charge in [0.2, 0.25) is 0 Å². The Morgan fingerprint density at radius 2 is 1.83 bits per heavy atom. The summed E-state index contributed by atoms with van der Waals surface area (Å²) in [4.78, 5) is 0. The number of hydrogen-bond acceptors (Lipinski definition) is 1. The molecule has 2 rings (SSSR count). The molecule has 1 aromatic carbocycles. The van der Waals surface area contributed by atoms with Gasteiger partial charge in [-0.25, -0.2) is 0 Å². The summed E-state index contributed by atoms with van der Waals surface area (Å²) in [6.07, 6.45) is 3.55. The molecular weight excluding hydrogens is 267 g/mol. The zero-order valence-electron chi connectivity index (χ0n) is 10.3. The average Bonchev–Trinajstić information content (AvgIpc) is 2.83. The van der Waals surface area contributed by atoms with E-state index in [1.54, 1.807) is 6.07 Å². The van der Waals surface area contributed by atoms with Crippen LogP contribution in [0.5, 0.6) is 0 Å². The van der Waals surface area contributed by atoms with Crippen molar-refractivity contribution in [3.63, 3.8) is 0 Å². The summed E-state index contributed by atoms with van der Waals surface area (Å²) >= 11 is 12.1. The summed E-state index contributed by atoms with van der Waals surface area (Å²) in [5, 5.41) is 0.0907. The van der Waals surface area contributed by atoms with Gasteiger partial charge >= 0.3 is 0 Å².